The average Bonchev–Trinajstić information content (AvgIpc) is 2.88. The first-order valence-corrected chi connectivity index (χ1v) is 8.77. The molecule has 2 aromatic carbocycles. The fourth-order valence-electron chi connectivity index (χ4n) is 2.97. The van der Waals surface area contributed by atoms with Gasteiger partial charge < -0.3 is 14.7 Å². The Labute approximate surface area is 149 Å². The third kappa shape index (κ3) is 3.85. The summed E-state index contributed by atoms with van der Waals surface area (Å²) in [5.41, 5.74) is 3.24. The summed E-state index contributed by atoms with van der Waals surface area (Å²) < 4.78 is 5.83. The Morgan fingerprint density at radius 2 is 1.76 bits per heavy atom. The molecule has 1 fully saturated rings. The Morgan fingerprint density at radius 1 is 1.12 bits per heavy atom. The van der Waals surface area contributed by atoms with Crippen molar-refractivity contribution in [1.29, 1.82) is 0 Å². The average molecular weight is 339 g/mol. The minimum atomic E-state index is -0.600. The summed E-state index contributed by atoms with van der Waals surface area (Å²) in [4.78, 5) is 13.8. The van der Waals surface area contributed by atoms with Gasteiger partial charge in [-0.3, -0.25) is 4.79 Å². The highest BCUT2D eigenvalue weighted by molar-refractivity contribution is 5.97. The number of rotatable bonds is 5. The van der Waals surface area contributed by atoms with Gasteiger partial charge in [0.25, 0.3) is 0 Å². The van der Waals surface area contributed by atoms with Gasteiger partial charge in [0, 0.05) is 5.69 Å². The van der Waals surface area contributed by atoms with Gasteiger partial charge in [0.15, 0.2) is 0 Å². The first-order chi connectivity index (χ1) is 12.0. The third-order valence-electron chi connectivity index (χ3n) is 4.80. The summed E-state index contributed by atoms with van der Waals surface area (Å²) in [6, 6.07) is 15.9. The molecule has 2 unspecified atom stereocenters. The van der Waals surface area contributed by atoms with E-state index < -0.39 is 6.10 Å². The molecule has 1 amide bonds. The van der Waals surface area contributed by atoms with Crippen molar-refractivity contribution in [2.24, 2.45) is 5.92 Å². The number of benzene rings is 2. The van der Waals surface area contributed by atoms with E-state index in [1.807, 2.05) is 24.3 Å². The van der Waals surface area contributed by atoms with Crippen LogP contribution in [0, 0.1) is 5.92 Å². The molecule has 0 saturated carbocycles. The second kappa shape index (κ2) is 7.28. The van der Waals surface area contributed by atoms with Crippen molar-refractivity contribution in [2.75, 3.05) is 11.4 Å². The standard InChI is InChI=1S/C21H25NO3/c1-14(2)17-6-4-16(5-7-17)13-25-19-10-8-18(9-11-19)22-12-20(23)15(3)21(22)24/h4-11,14-15,20,23H,12-13H2,1-3H3. The summed E-state index contributed by atoms with van der Waals surface area (Å²) in [7, 11) is 0. The molecule has 1 N–H and O–H groups in total. The Hall–Kier alpha value is -2.33. The number of hydrogen-bond acceptors (Lipinski definition) is 3. The predicted molar refractivity (Wildman–Crippen MR) is 98.8 cm³/mol. The number of nitrogens with zero attached hydrogens (tertiary/aromatic N) is 1. The summed E-state index contributed by atoms with van der Waals surface area (Å²) in [6.07, 6.45) is -0.600. The van der Waals surface area contributed by atoms with Gasteiger partial charge in [0.05, 0.1) is 18.6 Å². The van der Waals surface area contributed by atoms with E-state index in [1.165, 1.54) is 5.56 Å². The van der Waals surface area contributed by atoms with E-state index in [9.17, 15) is 9.90 Å². The zero-order chi connectivity index (χ0) is 18.0. The number of aliphatic hydroxyl groups is 1. The van der Waals surface area contributed by atoms with Crippen LogP contribution < -0.4 is 9.64 Å². The zero-order valence-corrected chi connectivity index (χ0v) is 15.0. The van der Waals surface area contributed by atoms with Crippen LogP contribution in [-0.2, 0) is 11.4 Å². The van der Waals surface area contributed by atoms with E-state index in [1.54, 1.807) is 11.8 Å². The molecular formula is C21H25NO3. The van der Waals surface area contributed by atoms with Crippen molar-refractivity contribution in [3.63, 3.8) is 0 Å². The number of amides is 1. The molecule has 132 valence electrons. The molecule has 0 radical (unpaired) electrons. The Balaban J connectivity index is 1.60. The zero-order valence-electron chi connectivity index (χ0n) is 15.0. The summed E-state index contributed by atoms with van der Waals surface area (Å²) in [5, 5.41) is 9.83. The van der Waals surface area contributed by atoms with Gasteiger partial charge in [-0.1, -0.05) is 45.0 Å². The maximum absolute atomic E-state index is 12.1. The quantitative estimate of drug-likeness (QED) is 0.903. The monoisotopic (exact) mass is 339 g/mol. The smallest absolute Gasteiger partial charge is 0.232 e. The van der Waals surface area contributed by atoms with Crippen LogP contribution in [0.4, 0.5) is 5.69 Å². The van der Waals surface area contributed by atoms with Crippen molar-refractivity contribution in [3.05, 3.63) is 59.7 Å². The number of anilines is 1. The Kier molecular flexibility index (Phi) is 5.09. The summed E-state index contributed by atoms with van der Waals surface area (Å²) in [5.74, 6) is 0.908. The largest absolute Gasteiger partial charge is 0.489 e. The van der Waals surface area contributed by atoms with Gasteiger partial charge in [-0.15, -0.1) is 0 Å². The molecule has 25 heavy (non-hydrogen) atoms. The van der Waals surface area contributed by atoms with Crippen molar-refractivity contribution in [1.82, 2.24) is 0 Å². The lowest BCUT2D eigenvalue weighted by atomic mass is 10.0. The number of aliphatic hydroxyl groups excluding tert-OH is 1. The van der Waals surface area contributed by atoms with Gasteiger partial charge in [-0.2, -0.15) is 0 Å². The molecule has 1 heterocycles. The van der Waals surface area contributed by atoms with Gasteiger partial charge >= 0.3 is 0 Å². The van der Waals surface area contributed by atoms with Gasteiger partial charge in [-0.25, -0.2) is 0 Å². The molecule has 1 saturated heterocycles. The molecule has 4 nitrogen and oxygen atoms in total. The molecule has 4 heteroatoms. The molecule has 0 aromatic heterocycles. The fraction of sp³-hybridized carbons (Fsp3) is 0.381. The van der Waals surface area contributed by atoms with Crippen molar-refractivity contribution >= 4 is 11.6 Å². The van der Waals surface area contributed by atoms with E-state index in [2.05, 4.69) is 38.1 Å². The second-order valence-electron chi connectivity index (χ2n) is 6.98. The maximum Gasteiger partial charge on any atom is 0.232 e. The molecule has 2 aromatic rings. The molecule has 1 aliphatic rings. The van der Waals surface area contributed by atoms with E-state index in [-0.39, 0.29) is 11.8 Å². The molecule has 0 spiro atoms. The van der Waals surface area contributed by atoms with Gasteiger partial charge in [0.1, 0.15) is 12.4 Å². The first kappa shape index (κ1) is 17.5. The van der Waals surface area contributed by atoms with E-state index in [4.69, 9.17) is 4.74 Å². The molecule has 0 aliphatic carbocycles. The minimum Gasteiger partial charge on any atom is -0.489 e. The van der Waals surface area contributed by atoms with Crippen LogP contribution in [0.15, 0.2) is 48.5 Å². The van der Waals surface area contributed by atoms with Crippen LogP contribution in [0.5, 0.6) is 5.75 Å². The number of carbonyl (C=O) groups excluding carboxylic acids is 1. The van der Waals surface area contributed by atoms with Crippen LogP contribution in [0.2, 0.25) is 0 Å². The van der Waals surface area contributed by atoms with Crippen LogP contribution >= 0.6 is 0 Å². The molecule has 1 aliphatic heterocycles. The van der Waals surface area contributed by atoms with Crippen LogP contribution in [0.3, 0.4) is 0 Å². The fourth-order valence-corrected chi connectivity index (χ4v) is 2.97. The molecule has 2 atom stereocenters. The van der Waals surface area contributed by atoms with E-state index in [0.29, 0.717) is 19.1 Å². The third-order valence-corrected chi connectivity index (χ3v) is 4.80. The summed E-state index contributed by atoms with van der Waals surface area (Å²) in [6.45, 7) is 6.98. The topological polar surface area (TPSA) is 49.8 Å². The highest BCUT2D eigenvalue weighted by atomic mass is 16.5. The van der Waals surface area contributed by atoms with Crippen LogP contribution in [-0.4, -0.2) is 23.7 Å². The van der Waals surface area contributed by atoms with Crippen molar-refractivity contribution in [3.8, 4) is 5.75 Å². The van der Waals surface area contributed by atoms with Crippen molar-refractivity contribution in [2.45, 2.75) is 39.4 Å². The Morgan fingerprint density at radius 3 is 2.28 bits per heavy atom. The molecular weight excluding hydrogens is 314 g/mol. The van der Waals surface area contributed by atoms with Gasteiger partial charge in [0.2, 0.25) is 5.91 Å². The number of β-amino-alcohol motifs (C(OH)–C–C–N with tert-alkyl or cyclic N) is 1. The molecule has 0 bridgehead atoms. The van der Waals surface area contributed by atoms with E-state index >= 15 is 0 Å². The minimum absolute atomic E-state index is 0.0357. The predicted octanol–water partition coefficient (Wildman–Crippen LogP) is 3.73. The number of carbonyl (C=O) groups is 1. The van der Waals surface area contributed by atoms with Gasteiger partial charge in [-0.05, 0) is 41.3 Å². The summed E-state index contributed by atoms with van der Waals surface area (Å²) >= 11 is 0. The lowest BCUT2D eigenvalue weighted by molar-refractivity contribution is -0.121. The Bertz CT molecular complexity index is 722. The SMILES string of the molecule is CC(C)c1ccc(COc2ccc(N3CC(O)C(C)C3=O)cc2)cc1. The second-order valence-corrected chi connectivity index (χ2v) is 6.98. The number of hydrogen-bond donors (Lipinski definition) is 1. The lowest BCUT2D eigenvalue weighted by Gasteiger charge is -2.16. The highest BCUT2D eigenvalue weighted by Crippen LogP contribution is 2.27. The van der Waals surface area contributed by atoms with Crippen LogP contribution in [0.25, 0.3) is 0 Å². The highest BCUT2D eigenvalue weighted by Gasteiger charge is 2.36. The van der Waals surface area contributed by atoms with Crippen LogP contribution in [0.1, 0.15) is 37.8 Å². The van der Waals surface area contributed by atoms with E-state index in [0.717, 1.165) is 17.0 Å². The number of ether oxygens (including phenoxy) is 1. The normalized spacial score (nSPS) is 20.4. The molecule has 3 rings (SSSR count). The maximum atomic E-state index is 12.1. The lowest BCUT2D eigenvalue weighted by Crippen LogP contribution is -2.26. The first-order valence-electron chi connectivity index (χ1n) is 8.77. The van der Waals surface area contributed by atoms with Crippen molar-refractivity contribution < 1.29 is 14.6 Å².